The maximum atomic E-state index is 9.68. The van der Waals surface area contributed by atoms with E-state index in [2.05, 4.69) is 58.6 Å². The van der Waals surface area contributed by atoms with Crippen LogP contribution in [0.5, 0.6) is 0 Å². The molecular weight excluding hydrogens is 316 g/mol. The van der Waals surface area contributed by atoms with Crippen molar-refractivity contribution >= 4 is 21.6 Å². The van der Waals surface area contributed by atoms with Gasteiger partial charge in [0, 0.05) is 41.9 Å². The van der Waals surface area contributed by atoms with Crippen molar-refractivity contribution in [3.8, 4) is 0 Å². The molecule has 1 aliphatic rings. The molecule has 1 heterocycles. The van der Waals surface area contributed by atoms with E-state index in [0.717, 1.165) is 36.2 Å². The largest absolute Gasteiger partial charge is 0.389 e. The summed E-state index contributed by atoms with van der Waals surface area (Å²) in [6.45, 7) is 12.9. The van der Waals surface area contributed by atoms with E-state index in [0.29, 0.717) is 0 Å². The molecule has 0 spiro atoms. The van der Waals surface area contributed by atoms with E-state index < -0.39 is 6.10 Å². The summed E-state index contributed by atoms with van der Waals surface area (Å²) in [5.41, 5.74) is 2.43. The molecule has 0 radical (unpaired) electrons. The summed E-state index contributed by atoms with van der Waals surface area (Å²) in [4.78, 5) is 4.95. The third kappa shape index (κ3) is 3.54. The van der Waals surface area contributed by atoms with Crippen molar-refractivity contribution in [2.24, 2.45) is 0 Å². The van der Waals surface area contributed by atoms with Gasteiger partial charge in [-0.15, -0.1) is 0 Å². The Morgan fingerprint density at radius 1 is 1.15 bits per heavy atom. The van der Waals surface area contributed by atoms with Gasteiger partial charge in [0.05, 0.1) is 6.10 Å². The fraction of sp³-hybridized carbons (Fsp3) is 0.625. The molecule has 112 valence electrons. The molecule has 0 bridgehead atoms. The molecule has 1 fully saturated rings. The van der Waals surface area contributed by atoms with Gasteiger partial charge in [-0.1, -0.05) is 22.0 Å². The molecule has 0 aliphatic carbocycles. The van der Waals surface area contributed by atoms with Crippen LogP contribution in [0.25, 0.3) is 0 Å². The van der Waals surface area contributed by atoms with Crippen LogP contribution >= 0.6 is 15.9 Å². The number of anilines is 1. The molecule has 1 aromatic rings. The van der Waals surface area contributed by atoms with Crippen molar-refractivity contribution in [2.75, 3.05) is 31.1 Å². The zero-order chi connectivity index (χ0) is 14.9. The quantitative estimate of drug-likeness (QED) is 0.893. The third-order valence-corrected chi connectivity index (χ3v) is 4.71. The molecular formula is C16H25BrN2O. The SMILES string of the molecule is C[C@H](O)c1ccc(N2CCN(C(C)(C)C)CC2)cc1Br. The van der Waals surface area contributed by atoms with E-state index in [9.17, 15) is 5.11 Å². The third-order valence-electron chi connectivity index (χ3n) is 4.03. The van der Waals surface area contributed by atoms with Crippen molar-refractivity contribution in [2.45, 2.75) is 39.3 Å². The fourth-order valence-corrected chi connectivity index (χ4v) is 3.39. The van der Waals surface area contributed by atoms with Crippen LogP contribution in [0.1, 0.15) is 39.4 Å². The summed E-state index contributed by atoms with van der Waals surface area (Å²) >= 11 is 3.56. The predicted octanol–water partition coefficient (Wildman–Crippen LogP) is 3.42. The highest BCUT2D eigenvalue weighted by Crippen LogP contribution is 2.29. The molecule has 2 rings (SSSR count). The minimum absolute atomic E-state index is 0.253. The van der Waals surface area contributed by atoms with Crippen molar-refractivity contribution in [1.82, 2.24) is 4.90 Å². The minimum Gasteiger partial charge on any atom is -0.389 e. The first-order valence-corrected chi connectivity index (χ1v) is 8.06. The van der Waals surface area contributed by atoms with Crippen LogP contribution in [0.2, 0.25) is 0 Å². The van der Waals surface area contributed by atoms with Crippen LogP contribution in [-0.4, -0.2) is 41.7 Å². The molecule has 1 atom stereocenters. The van der Waals surface area contributed by atoms with Crippen molar-refractivity contribution in [3.05, 3.63) is 28.2 Å². The number of halogens is 1. The Kier molecular flexibility index (Phi) is 4.77. The van der Waals surface area contributed by atoms with Gasteiger partial charge in [0.2, 0.25) is 0 Å². The first-order valence-electron chi connectivity index (χ1n) is 7.26. The molecule has 4 heteroatoms. The summed E-state index contributed by atoms with van der Waals surface area (Å²) in [6, 6.07) is 6.24. The van der Waals surface area contributed by atoms with Gasteiger partial charge in [0.1, 0.15) is 0 Å². The lowest BCUT2D eigenvalue weighted by Gasteiger charge is -2.43. The van der Waals surface area contributed by atoms with Crippen molar-refractivity contribution in [3.63, 3.8) is 0 Å². The molecule has 0 unspecified atom stereocenters. The molecule has 1 saturated heterocycles. The summed E-state index contributed by atoms with van der Waals surface area (Å²) in [7, 11) is 0. The Morgan fingerprint density at radius 2 is 1.75 bits per heavy atom. The number of aliphatic hydroxyl groups excluding tert-OH is 1. The number of rotatable bonds is 2. The van der Waals surface area contributed by atoms with Gasteiger partial charge in [-0.3, -0.25) is 4.90 Å². The number of piperazine rings is 1. The lowest BCUT2D eigenvalue weighted by atomic mass is 10.0. The number of hydrogen-bond acceptors (Lipinski definition) is 3. The van der Waals surface area contributed by atoms with E-state index in [1.54, 1.807) is 6.92 Å². The zero-order valence-corrected chi connectivity index (χ0v) is 14.4. The van der Waals surface area contributed by atoms with Crippen molar-refractivity contribution in [1.29, 1.82) is 0 Å². The molecule has 3 nitrogen and oxygen atoms in total. The van der Waals surface area contributed by atoms with Gasteiger partial charge in [-0.2, -0.15) is 0 Å². The summed E-state index contributed by atoms with van der Waals surface area (Å²) in [6.07, 6.45) is -0.434. The predicted molar refractivity (Wildman–Crippen MR) is 88.3 cm³/mol. The zero-order valence-electron chi connectivity index (χ0n) is 12.9. The average molecular weight is 341 g/mol. The Balaban J connectivity index is 2.06. The average Bonchev–Trinajstić information content (AvgIpc) is 2.37. The summed E-state index contributed by atoms with van der Waals surface area (Å²) < 4.78 is 0.989. The van der Waals surface area contributed by atoms with Crippen LogP contribution in [0.15, 0.2) is 22.7 Å². The topological polar surface area (TPSA) is 26.7 Å². The van der Waals surface area contributed by atoms with E-state index in [4.69, 9.17) is 0 Å². The summed E-state index contributed by atoms with van der Waals surface area (Å²) in [5.74, 6) is 0. The highest BCUT2D eigenvalue weighted by atomic mass is 79.9. The second kappa shape index (κ2) is 6.04. The number of aliphatic hydroxyl groups is 1. The Bertz CT molecular complexity index is 460. The monoisotopic (exact) mass is 340 g/mol. The van der Waals surface area contributed by atoms with Crippen LogP contribution in [0.4, 0.5) is 5.69 Å². The molecule has 1 aliphatic heterocycles. The minimum atomic E-state index is -0.434. The molecule has 0 aromatic heterocycles. The Hall–Kier alpha value is -0.580. The molecule has 1 N–H and O–H groups in total. The number of benzene rings is 1. The second-order valence-electron chi connectivity index (χ2n) is 6.53. The standard InChI is InChI=1S/C16H25BrN2O/c1-12(20)14-6-5-13(11-15(14)17)18-7-9-19(10-8-18)16(2,3)4/h5-6,11-12,20H,7-10H2,1-4H3/t12-/m0/s1. The van der Waals surface area contributed by atoms with Crippen LogP contribution in [0, 0.1) is 0 Å². The smallest absolute Gasteiger partial charge is 0.0772 e. The highest BCUT2D eigenvalue weighted by molar-refractivity contribution is 9.10. The van der Waals surface area contributed by atoms with E-state index in [1.807, 2.05) is 6.07 Å². The highest BCUT2D eigenvalue weighted by Gasteiger charge is 2.26. The van der Waals surface area contributed by atoms with Crippen molar-refractivity contribution < 1.29 is 5.11 Å². The van der Waals surface area contributed by atoms with E-state index in [-0.39, 0.29) is 5.54 Å². The number of hydrogen-bond donors (Lipinski definition) is 1. The van der Waals surface area contributed by atoms with E-state index >= 15 is 0 Å². The normalized spacial score (nSPS) is 19.2. The van der Waals surface area contributed by atoms with Gasteiger partial charge in [0.15, 0.2) is 0 Å². The molecule has 1 aromatic carbocycles. The van der Waals surface area contributed by atoms with Gasteiger partial charge < -0.3 is 10.0 Å². The van der Waals surface area contributed by atoms with Crippen LogP contribution in [-0.2, 0) is 0 Å². The number of nitrogens with zero attached hydrogens (tertiary/aromatic N) is 2. The van der Waals surface area contributed by atoms with E-state index in [1.165, 1.54) is 5.69 Å². The van der Waals surface area contributed by atoms with Gasteiger partial charge >= 0.3 is 0 Å². The lowest BCUT2D eigenvalue weighted by molar-refractivity contribution is 0.128. The molecule has 0 saturated carbocycles. The maximum absolute atomic E-state index is 9.68. The first kappa shape index (κ1) is 15.8. The first-order chi connectivity index (χ1) is 9.29. The fourth-order valence-electron chi connectivity index (χ4n) is 2.69. The molecule has 0 amide bonds. The molecule has 20 heavy (non-hydrogen) atoms. The van der Waals surface area contributed by atoms with Crippen LogP contribution < -0.4 is 4.90 Å². The van der Waals surface area contributed by atoms with Gasteiger partial charge in [-0.25, -0.2) is 0 Å². The van der Waals surface area contributed by atoms with Crippen LogP contribution in [0.3, 0.4) is 0 Å². The maximum Gasteiger partial charge on any atom is 0.0772 e. The second-order valence-corrected chi connectivity index (χ2v) is 7.38. The Labute approximate surface area is 130 Å². The van der Waals surface area contributed by atoms with Gasteiger partial charge in [-0.05, 0) is 45.4 Å². The van der Waals surface area contributed by atoms with Gasteiger partial charge in [0.25, 0.3) is 0 Å². The lowest BCUT2D eigenvalue weighted by Crippen LogP contribution is -2.53. The summed E-state index contributed by atoms with van der Waals surface area (Å²) in [5, 5.41) is 9.68. The Morgan fingerprint density at radius 3 is 2.20 bits per heavy atom.